The van der Waals surface area contributed by atoms with E-state index >= 15 is 0 Å². The van der Waals surface area contributed by atoms with E-state index in [1.807, 2.05) is 12.1 Å². The minimum atomic E-state index is -0.0421. The summed E-state index contributed by atoms with van der Waals surface area (Å²) in [5.74, 6) is 0.0749. The Labute approximate surface area is 173 Å². The van der Waals surface area contributed by atoms with Gasteiger partial charge in [-0.05, 0) is 73.0 Å². The van der Waals surface area contributed by atoms with Gasteiger partial charge in [-0.1, -0.05) is 66.7 Å². The molecule has 1 aliphatic heterocycles. The minimum Gasteiger partial charge on any atom is -0.325 e. The molecular weight excluding hydrogens is 356 g/mol. The highest BCUT2D eigenvalue weighted by atomic mass is 16.2. The zero-order chi connectivity index (χ0) is 19.9. The van der Waals surface area contributed by atoms with Crippen molar-refractivity contribution in [3.8, 4) is 0 Å². The topological polar surface area (TPSA) is 41.1 Å². The first-order chi connectivity index (χ1) is 14.3. The van der Waals surface area contributed by atoms with E-state index < -0.39 is 0 Å². The highest BCUT2D eigenvalue weighted by molar-refractivity contribution is 5.95. The lowest BCUT2D eigenvalue weighted by atomic mass is 10.0. The van der Waals surface area contributed by atoms with Gasteiger partial charge in [0.15, 0.2) is 0 Å². The van der Waals surface area contributed by atoms with Crippen LogP contribution in [0.4, 0.5) is 5.69 Å². The molecule has 0 aliphatic carbocycles. The molecule has 3 nitrogen and oxygen atoms in total. The van der Waals surface area contributed by atoms with Crippen molar-refractivity contribution in [3.63, 3.8) is 0 Å². The quantitative estimate of drug-likeness (QED) is 0.617. The lowest BCUT2D eigenvalue weighted by Crippen LogP contribution is -2.35. The van der Waals surface area contributed by atoms with E-state index in [9.17, 15) is 4.79 Å². The number of carbonyl (C=O) groups excluding carboxylic acids is 1. The smallest absolute Gasteiger partial charge is 0.241 e. The van der Waals surface area contributed by atoms with E-state index in [0.717, 1.165) is 44.3 Å². The van der Waals surface area contributed by atoms with Crippen LogP contribution in [0.25, 0.3) is 0 Å². The third kappa shape index (κ3) is 5.55. The second kappa shape index (κ2) is 9.53. The summed E-state index contributed by atoms with van der Waals surface area (Å²) in [4.78, 5) is 12.2. The molecule has 1 aliphatic rings. The van der Waals surface area contributed by atoms with E-state index in [0.29, 0.717) is 0 Å². The Kier molecular flexibility index (Phi) is 6.38. The van der Waals surface area contributed by atoms with Gasteiger partial charge < -0.3 is 10.6 Å². The fraction of sp³-hybridized carbons (Fsp3) is 0.269. The number of aryl methyl sites for hydroxylation is 2. The maximum atomic E-state index is 12.2. The zero-order valence-electron chi connectivity index (χ0n) is 16.7. The van der Waals surface area contributed by atoms with E-state index in [1.54, 1.807) is 0 Å². The van der Waals surface area contributed by atoms with Crippen LogP contribution in [0.1, 0.15) is 35.1 Å². The van der Waals surface area contributed by atoms with Crippen molar-refractivity contribution in [2.45, 2.75) is 38.1 Å². The van der Waals surface area contributed by atoms with Crippen LogP contribution >= 0.6 is 0 Å². The SMILES string of the molecule is O=C(Nc1ccc(CCc2ccc(Cc3ccccc3)cc2)cc1)C1CCCN1. The lowest BCUT2D eigenvalue weighted by molar-refractivity contribution is -0.117. The molecule has 1 saturated heterocycles. The van der Waals surface area contributed by atoms with Crippen LogP contribution in [0, 0.1) is 0 Å². The first-order valence-electron chi connectivity index (χ1n) is 10.5. The normalized spacial score (nSPS) is 15.9. The first kappa shape index (κ1) is 19.4. The summed E-state index contributed by atoms with van der Waals surface area (Å²) in [6, 6.07) is 27.7. The third-order valence-electron chi connectivity index (χ3n) is 5.57. The van der Waals surface area contributed by atoms with E-state index in [1.165, 1.54) is 22.3 Å². The average molecular weight is 385 g/mol. The fourth-order valence-corrected chi connectivity index (χ4v) is 3.84. The second-order valence-corrected chi connectivity index (χ2v) is 7.81. The van der Waals surface area contributed by atoms with Crippen molar-refractivity contribution in [1.29, 1.82) is 0 Å². The van der Waals surface area contributed by atoms with Crippen molar-refractivity contribution in [3.05, 3.63) is 101 Å². The predicted octanol–water partition coefficient (Wildman–Crippen LogP) is 4.75. The van der Waals surface area contributed by atoms with Crippen LogP contribution in [-0.4, -0.2) is 18.5 Å². The van der Waals surface area contributed by atoms with Crippen molar-refractivity contribution in [1.82, 2.24) is 5.32 Å². The molecule has 1 heterocycles. The summed E-state index contributed by atoms with van der Waals surface area (Å²) in [6.07, 6.45) is 4.99. The zero-order valence-corrected chi connectivity index (χ0v) is 16.7. The molecule has 3 aromatic rings. The molecule has 0 spiro atoms. The molecule has 148 valence electrons. The fourth-order valence-electron chi connectivity index (χ4n) is 3.84. The highest BCUT2D eigenvalue weighted by Gasteiger charge is 2.21. The van der Waals surface area contributed by atoms with Gasteiger partial charge in [0.1, 0.15) is 0 Å². The van der Waals surface area contributed by atoms with Gasteiger partial charge in [-0.3, -0.25) is 4.79 Å². The van der Waals surface area contributed by atoms with Crippen LogP contribution in [-0.2, 0) is 24.1 Å². The summed E-state index contributed by atoms with van der Waals surface area (Å²) < 4.78 is 0. The van der Waals surface area contributed by atoms with E-state index in [2.05, 4.69) is 77.4 Å². The van der Waals surface area contributed by atoms with Crippen LogP contribution in [0.3, 0.4) is 0 Å². The van der Waals surface area contributed by atoms with Crippen molar-refractivity contribution in [2.24, 2.45) is 0 Å². The summed E-state index contributed by atoms with van der Waals surface area (Å²) >= 11 is 0. The predicted molar refractivity (Wildman–Crippen MR) is 119 cm³/mol. The summed E-state index contributed by atoms with van der Waals surface area (Å²) in [5, 5.41) is 6.24. The monoisotopic (exact) mass is 384 g/mol. The second-order valence-electron chi connectivity index (χ2n) is 7.81. The Morgan fingerprint density at radius 3 is 2.00 bits per heavy atom. The van der Waals surface area contributed by atoms with Gasteiger partial charge in [-0.15, -0.1) is 0 Å². The average Bonchev–Trinajstić information content (AvgIpc) is 3.30. The first-order valence-corrected chi connectivity index (χ1v) is 10.5. The largest absolute Gasteiger partial charge is 0.325 e. The Bertz CT molecular complexity index is 911. The van der Waals surface area contributed by atoms with Gasteiger partial charge in [-0.25, -0.2) is 0 Å². The van der Waals surface area contributed by atoms with E-state index in [4.69, 9.17) is 0 Å². The lowest BCUT2D eigenvalue weighted by Gasteiger charge is -2.11. The maximum absolute atomic E-state index is 12.2. The molecule has 0 saturated carbocycles. The summed E-state index contributed by atoms with van der Waals surface area (Å²) in [7, 11) is 0. The Hall–Kier alpha value is -2.91. The van der Waals surface area contributed by atoms with Crippen LogP contribution in [0.15, 0.2) is 78.9 Å². The molecule has 1 unspecified atom stereocenters. The van der Waals surface area contributed by atoms with Gasteiger partial charge in [-0.2, -0.15) is 0 Å². The van der Waals surface area contributed by atoms with Gasteiger partial charge in [0, 0.05) is 5.69 Å². The molecule has 3 aromatic carbocycles. The number of carbonyl (C=O) groups is 1. The number of amides is 1. The number of nitrogens with one attached hydrogen (secondary N) is 2. The minimum absolute atomic E-state index is 0.0421. The molecule has 29 heavy (non-hydrogen) atoms. The van der Waals surface area contributed by atoms with Crippen molar-refractivity contribution >= 4 is 11.6 Å². The van der Waals surface area contributed by atoms with Gasteiger partial charge >= 0.3 is 0 Å². The molecule has 0 aromatic heterocycles. The molecule has 0 radical (unpaired) electrons. The standard InChI is InChI=1S/C26H28N2O/c29-26(25-7-4-18-27-25)28-24-16-14-21(15-17-24)9-8-20-10-12-23(13-11-20)19-22-5-2-1-3-6-22/h1-3,5-6,10-17,25,27H,4,7-9,18-19H2,(H,28,29). The third-order valence-corrected chi connectivity index (χ3v) is 5.57. The Morgan fingerprint density at radius 1 is 0.793 bits per heavy atom. The Balaban J connectivity index is 1.27. The summed E-state index contributed by atoms with van der Waals surface area (Å²) in [6.45, 7) is 0.935. The maximum Gasteiger partial charge on any atom is 0.241 e. The highest BCUT2D eigenvalue weighted by Crippen LogP contribution is 2.16. The van der Waals surface area contributed by atoms with Crippen molar-refractivity contribution in [2.75, 3.05) is 11.9 Å². The number of hydrogen-bond donors (Lipinski definition) is 2. The number of anilines is 1. The number of hydrogen-bond acceptors (Lipinski definition) is 2. The molecule has 1 amide bonds. The van der Waals surface area contributed by atoms with Gasteiger partial charge in [0.2, 0.25) is 5.91 Å². The van der Waals surface area contributed by atoms with Gasteiger partial charge in [0.25, 0.3) is 0 Å². The molecule has 0 bridgehead atoms. The molecule has 2 N–H and O–H groups in total. The van der Waals surface area contributed by atoms with E-state index in [-0.39, 0.29) is 11.9 Å². The number of benzene rings is 3. The molecule has 3 heteroatoms. The number of rotatable bonds is 7. The molecule has 4 rings (SSSR count). The van der Waals surface area contributed by atoms with Gasteiger partial charge in [0.05, 0.1) is 6.04 Å². The Morgan fingerprint density at radius 2 is 1.38 bits per heavy atom. The molecule has 1 atom stereocenters. The van der Waals surface area contributed by atoms with Crippen LogP contribution in [0.2, 0.25) is 0 Å². The van der Waals surface area contributed by atoms with Crippen LogP contribution in [0.5, 0.6) is 0 Å². The molecular formula is C26H28N2O. The van der Waals surface area contributed by atoms with Crippen molar-refractivity contribution < 1.29 is 4.79 Å². The molecule has 1 fully saturated rings. The summed E-state index contributed by atoms with van der Waals surface area (Å²) in [5.41, 5.74) is 6.20. The van der Waals surface area contributed by atoms with Crippen LogP contribution < -0.4 is 10.6 Å².